The average Bonchev–Trinajstić information content (AvgIpc) is 2.63. The number of unbranched alkanes of at least 4 members (excludes halogenated alkanes) is 3. The molecule has 0 aliphatic carbocycles. The van der Waals surface area contributed by atoms with Crippen molar-refractivity contribution in [3.05, 3.63) is 59.7 Å². The molecule has 2 N–H and O–H groups in total. The third-order valence-corrected chi connectivity index (χ3v) is 4.16. The summed E-state index contributed by atoms with van der Waals surface area (Å²) in [5.74, 6) is 0.639. The predicted molar refractivity (Wildman–Crippen MR) is 113 cm³/mol. The first-order valence-electron chi connectivity index (χ1n) is 9.39. The Balaban J connectivity index is 0.00000364. The van der Waals surface area contributed by atoms with Crippen LogP contribution in [0.3, 0.4) is 0 Å². The first-order chi connectivity index (χ1) is 12.7. The SMILES string of the molecule is CCOC(=O)CCCCCCOc1ccc(Cc2ccccc2)cc1N.Cl. The Morgan fingerprint density at radius 2 is 1.70 bits per heavy atom. The van der Waals surface area contributed by atoms with Crippen LogP contribution in [0.25, 0.3) is 0 Å². The minimum atomic E-state index is -0.105. The molecule has 0 aliphatic rings. The maximum absolute atomic E-state index is 11.2. The van der Waals surface area contributed by atoms with E-state index in [2.05, 4.69) is 18.2 Å². The van der Waals surface area contributed by atoms with Gasteiger partial charge in [-0.05, 0) is 49.4 Å². The molecule has 0 atom stereocenters. The number of anilines is 1. The van der Waals surface area contributed by atoms with Crippen LogP contribution in [0.4, 0.5) is 5.69 Å². The normalized spacial score (nSPS) is 10.1. The van der Waals surface area contributed by atoms with Gasteiger partial charge in [-0.1, -0.05) is 49.2 Å². The maximum atomic E-state index is 11.2. The molecule has 5 heteroatoms. The molecule has 0 amide bonds. The van der Waals surface area contributed by atoms with E-state index in [4.69, 9.17) is 15.2 Å². The molecule has 0 heterocycles. The van der Waals surface area contributed by atoms with Crippen molar-refractivity contribution in [2.24, 2.45) is 0 Å². The van der Waals surface area contributed by atoms with E-state index in [1.807, 2.05) is 37.3 Å². The zero-order chi connectivity index (χ0) is 18.6. The van der Waals surface area contributed by atoms with Crippen LogP contribution in [0.15, 0.2) is 48.5 Å². The largest absolute Gasteiger partial charge is 0.491 e. The van der Waals surface area contributed by atoms with E-state index in [0.717, 1.165) is 37.9 Å². The summed E-state index contributed by atoms with van der Waals surface area (Å²) in [6.07, 6.45) is 5.23. The Bertz CT molecular complexity index is 677. The number of rotatable bonds is 11. The van der Waals surface area contributed by atoms with Crippen molar-refractivity contribution < 1.29 is 14.3 Å². The first kappa shape index (κ1) is 22.8. The van der Waals surface area contributed by atoms with E-state index < -0.39 is 0 Å². The predicted octanol–water partition coefficient (Wildman–Crippen LogP) is 5.17. The molecule has 2 aromatic rings. The number of nitrogen functional groups attached to an aromatic ring is 1. The van der Waals surface area contributed by atoms with Crippen molar-refractivity contribution >= 4 is 24.1 Å². The summed E-state index contributed by atoms with van der Waals surface area (Å²) >= 11 is 0. The lowest BCUT2D eigenvalue weighted by atomic mass is 10.0. The van der Waals surface area contributed by atoms with Gasteiger partial charge in [0.05, 0.1) is 18.9 Å². The van der Waals surface area contributed by atoms with E-state index in [1.165, 1.54) is 11.1 Å². The number of halogens is 1. The number of nitrogens with two attached hydrogens (primary N) is 1. The van der Waals surface area contributed by atoms with E-state index in [1.54, 1.807) is 0 Å². The molecule has 148 valence electrons. The lowest BCUT2D eigenvalue weighted by molar-refractivity contribution is -0.143. The van der Waals surface area contributed by atoms with Crippen LogP contribution in [-0.4, -0.2) is 19.2 Å². The standard InChI is InChI=1S/C22H29NO3.ClH/c1-2-25-22(24)12-8-3-4-9-15-26-21-14-13-19(17-20(21)23)16-18-10-6-5-7-11-18;/h5-7,10-11,13-14,17H,2-4,8-9,12,15-16,23H2,1H3;1H. The van der Waals surface area contributed by atoms with Gasteiger partial charge in [-0.3, -0.25) is 4.79 Å². The minimum absolute atomic E-state index is 0. The molecule has 0 fully saturated rings. The van der Waals surface area contributed by atoms with Crippen molar-refractivity contribution in [2.45, 2.75) is 45.4 Å². The molecule has 4 nitrogen and oxygen atoms in total. The zero-order valence-corrected chi connectivity index (χ0v) is 16.8. The van der Waals surface area contributed by atoms with Crippen molar-refractivity contribution in [3.8, 4) is 5.75 Å². The van der Waals surface area contributed by atoms with Gasteiger partial charge in [-0.25, -0.2) is 0 Å². The number of esters is 1. The molecule has 0 aromatic heterocycles. The second kappa shape index (κ2) is 13.0. The first-order valence-corrected chi connectivity index (χ1v) is 9.39. The van der Waals surface area contributed by atoms with Crippen molar-refractivity contribution in [3.63, 3.8) is 0 Å². The summed E-state index contributed by atoms with van der Waals surface area (Å²) in [5, 5.41) is 0. The van der Waals surface area contributed by atoms with E-state index in [-0.39, 0.29) is 18.4 Å². The summed E-state index contributed by atoms with van der Waals surface area (Å²) in [4.78, 5) is 11.2. The monoisotopic (exact) mass is 391 g/mol. The smallest absolute Gasteiger partial charge is 0.305 e. The quantitative estimate of drug-likeness (QED) is 0.326. The summed E-state index contributed by atoms with van der Waals surface area (Å²) in [7, 11) is 0. The van der Waals surface area contributed by atoms with Gasteiger partial charge >= 0.3 is 5.97 Å². The Labute approximate surface area is 168 Å². The summed E-state index contributed by atoms with van der Waals surface area (Å²) in [6, 6.07) is 16.3. The highest BCUT2D eigenvalue weighted by atomic mass is 35.5. The zero-order valence-electron chi connectivity index (χ0n) is 16.0. The summed E-state index contributed by atoms with van der Waals surface area (Å²) in [5.41, 5.74) is 9.25. The molecular weight excluding hydrogens is 362 g/mol. The number of ether oxygens (including phenoxy) is 2. The van der Waals surface area contributed by atoms with Crippen molar-refractivity contribution in [2.75, 3.05) is 18.9 Å². The van der Waals surface area contributed by atoms with Gasteiger partial charge in [0.1, 0.15) is 5.75 Å². The molecular formula is C22H30ClNO3. The van der Waals surface area contributed by atoms with Crippen LogP contribution >= 0.6 is 12.4 Å². The van der Waals surface area contributed by atoms with Gasteiger partial charge in [0.2, 0.25) is 0 Å². The summed E-state index contributed by atoms with van der Waals surface area (Å²) in [6.45, 7) is 2.93. The number of hydrogen-bond donors (Lipinski definition) is 1. The maximum Gasteiger partial charge on any atom is 0.305 e. The van der Waals surface area contributed by atoms with Gasteiger partial charge in [0.15, 0.2) is 0 Å². The van der Waals surface area contributed by atoms with Crippen LogP contribution in [-0.2, 0) is 16.0 Å². The molecule has 2 aromatic carbocycles. The van der Waals surface area contributed by atoms with Crippen LogP contribution in [0, 0.1) is 0 Å². The Kier molecular flexibility index (Phi) is 11.0. The number of benzene rings is 2. The van der Waals surface area contributed by atoms with Gasteiger partial charge in [0, 0.05) is 6.42 Å². The lowest BCUT2D eigenvalue weighted by Gasteiger charge is -2.11. The molecule has 27 heavy (non-hydrogen) atoms. The summed E-state index contributed by atoms with van der Waals surface area (Å²) < 4.78 is 10.7. The van der Waals surface area contributed by atoms with Gasteiger partial charge < -0.3 is 15.2 Å². The molecule has 0 saturated carbocycles. The van der Waals surface area contributed by atoms with Gasteiger partial charge in [0.25, 0.3) is 0 Å². The molecule has 0 bridgehead atoms. The van der Waals surface area contributed by atoms with E-state index >= 15 is 0 Å². The molecule has 0 aliphatic heterocycles. The van der Waals surface area contributed by atoms with Crippen molar-refractivity contribution in [1.82, 2.24) is 0 Å². The minimum Gasteiger partial charge on any atom is -0.491 e. The third-order valence-electron chi connectivity index (χ3n) is 4.16. The van der Waals surface area contributed by atoms with E-state index in [9.17, 15) is 4.79 Å². The average molecular weight is 392 g/mol. The Morgan fingerprint density at radius 1 is 0.963 bits per heavy atom. The molecule has 0 radical (unpaired) electrons. The number of carbonyl (C=O) groups excluding carboxylic acids is 1. The van der Waals surface area contributed by atoms with Crippen LogP contribution < -0.4 is 10.5 Å². The highest BCUT2D eigenvalue weighted by Crippen LogP contribution is 2.24. The lowest BCUT2D eigenvalue weighted by Crippen LogP contribution is -2.04. The molecule has 0 saturated heterocycles. The fraction of sp³-hybridized carbons (Fsp3) is 0.409. The van der Waals surface area contributed by atoms with Crippen LogP contribution in [0.5, 0.6) is 5.75 Å². The van der Waals surface area contributed by atoms with Crippen molar-refractivity contribution in [1.29, 1.82) is 0 Å². The fourth-order valence-electron chi connectivity index (χ4n) is 2.81. The molecule has 0 spiro atoms. The Hall–Kier alpha value is -2.20. The molecule has 2 rings (SSSR count). The molecule has 0 unspecified atom stereocenters. The van der Waals surface area contributed by atoms with Gasteiger partial charge in [-0.2, -0.15) is 0 Å². The number of hydrogen-bond acceptors (Lipinski definition) is 4. The number of carbonyl (C=O) groups is 1. The highest BCUT2D eigenvalue weighted by molar-refractivity contribution is 5.85. The Morgan fingerprint density at radius 3 is 2.41 bits per heavy atom. The fourth-order valence-corrected chi connectivity index (χ4v) is 2.81. The van der Waals surface area contributed by atoms with Crippen LogP contribution in [0.1, 0.15) is 50.2 Å². The van der Waals surface area contributed by atoms with Gasteiger partial charge in [-0.15, -0.1) is 12.4 Å². The van der Waals surface area contributed by atoms with Crippen LogP contribution in [0.2, 0.25) is 0 Å². The highest BCUT2D eigenvalue weighted by Gasteiger charge is 2.04. The third kappa shape index (κ3) is 8.83. The second-order valence-electron chi connectivity index (χ2n) is 6.35. The second-order valence-corrected chi connectivity index (χ2v) is 6.35. The van der Waals surface area contributed by atoms with E-state index in [0.29, 0.717) is 25.3 Å². The topological polar surface area (TPSA) is 61.5 Å².